The Hall–Kier alpha value is -1.18. The van der Waals surface area contributed by atoms with Crippen molar-refractivity contribution in [1.82, 2.24) is 0 Å². The predicted molar refractivity (Wildman–Crippen MR) is 54.3 cm³/mol. The molecule has 1 aromatic heterocycles. The second-order valence-electron chi connectivity index (χ2n) is 4.16. The van der Waals surface area contributed by atoms with Crippen LogP contribution in [-0.4, -0.2) is 5.78 Å². The molecule has 2 nitrogen and oxygen atoms in total. The molecule has 0 saturated heterocycles. The number of hydrogen-bond acceptors (Lipinski definition) is 1. The first kappa shape index (κ1) is 9.38. The van der Waals surface area contributed by atoms with Gasteiger partial charge in [-0.1, -0.05) is 0 Å². The first-order valence-corrected chi connectivity index (χ1v) is 5.11. The van der Waals surface area contributed by atoms with Crippen LogP contribution in [0.4, 0.5) is 0 Å². The molecule has 14 heavy (non-hydrogen) atoms. The zero-order valence-electron chi connectivity index (χ0n) is 9.00. The molecule has 1 aromatic rings. The van der Waals surface area contributed by atoms with Crippen LogP contribution in [0.5, 0.6) is 0 Å². The molecule has 1 fully saturated rings. The Morgan fingerprint density at radius 3 is 2.57 bits per heavy atom. The number of hydrogen-bond donors (Lipinski definition) is 0. The van der Waals surface area contributed by atoms with Crippen molar-refractivity contribution in [3.8, 4) is 0 Å². The lowest BCUT2D eigenvalue weighted by Gasteiger charge is -2.05. The maximum absolute atomic E-state index is 11.4. The molecule has 0 unspecified atom stereocenters. The summed E-state index contributed by atoms with van der Waals surface area (Å²) >= 11 is 0. The van der Waals surface area contributed by atoms with Crippen LogP contribution in [0.15, 0.2) is 12.1 Å². The third-order valence-electron chi connectivity index (χ3n) is 3.00. The molecule has 2 heteroatoms. The van der Waals surface area contributed by atoms with Gasteiger partial charge in [0.15, 0.2) is 17.2 Å². The lowest BCUT2D eigenvalue weighted by Crippen LogP contribution is -2.38. The van der Waals surface area contributed by atoms with Gasteiger partial charge in [-0.2, -0.15) is 0 Å². The highest BCUT2D eigenvalue weighted by atomic mass is 16.1. The van der Waals surface area contributed by atoms with Crippen molar-refractivity contribution in [1.29, 1.82) is 0 Å². The zero-order valence-corrected chi connectivity index (χ0v) is 9.00. The Kier molecular flexibility index (Phi) is 2.14. The van der Waals surface area contributed by atoms with Crippen LogP contribution in [0, 0.1) is 6.92 Å². The van der Waals surface area contributed by atoms with Crippen LogP contribution in [0.3, 0.4) is 0 Å². The number of carbonyl (C=O) groups excluding carboxylic acids is 1. The van der Waals surface area contributed by atoms with Gasteiger partial charge in [0.25, 0.3) is 0 Å². The molecular formula is C12H16NO+. The van der Waals surface area contributed by atoms with E-state index in [1.165, 1.54) is 24.2 Å². The van der Waals surface area contributed by atoms with E-state index in [0.717, 1.165) is 5.56 Å². The van der Waals surface area contributed by atoms with Crippen molar-refractivity contribution in [2.24, 2.45) is 7.05 Å². The SMILES string of the molecule is CC(=O)c1ccc(C)[n+](C)c1C1CC1. The number of pyridine rings is 1. The minimum absolute atomic E-state index is 0.183. The van der Waals surface area contributed by atoms with Gasteiger partial charge in [-0.3, -0.25) is 4.79 Å². The molecule has 1 aliphatic rings. The Bertz CT molecular complexity index is 392. The molecule has 0 aromatic carbocycles. The van der Waals surface area contributed by atoms with Gasteiger partial charge in [0.05, 0.1) is 5.56 Å². The molecule has 0 aliphatic heterocycles. The molecular weight excluding hydrogens is 174 g/mol. The largest absolute Gasteiger partial charge is 0.294 e. The fourth-order valence-corrected chi connectivity index (χ4v) is 1.92. The summed E-state index contributed by atoms with van der Waals surface area (Å²) in [4.78, 5) is 11.4. The van der Waals surface area contributed by atoms with Crippen LogP contribution >= 0.6 is 0 Å². The van der Waals surface area contributed by atoms with Gasteiger partial charge in [-0.05, 0) is 25.8 Å². The summed E-state index contributed by atoms with van der Waals surface area (Å²) in [6.07, 6.45) is 2.47. The van der Waals surface area contributed by atoms with Crippen LogP contribution < -0.4 is 4.57 Å². The first-order valence-electron chi connectivity index (χ1n) is 5.11. The summed E-state index contributed by atoms with van der Waals surface area (Å²) in [5, 5.41) is 0. The van der Waals surface area contributed by atoms with E-state index < -0.39 is 0 Å². The van der Waals surface area contributed by atoms with Crippen molar-refractivity contribution in [2.75, 3.05) is 0 Å². The van der Waals surface area contributed by atoms with Gasteiger partial charge in [0, 0.05) is 18.9 Å². The average molecular weight is 190 g/mol. The number of aromatic nitrogens is 1. The Morgan fingerprint density at radius 1 is 1.43 bits per heavy atom. The van der Waals surface area contributed by atoms with Crippen LogP contribution in [0.1, 0.15) is 47.4 Å². The van der Waals surface area contributed by atoms with Gasteiger partial charge in [0.1, 0.15) is 7.05 Å². The molecule has 0 bridgehead atoms. The highest BCUT2D eigenvalue weighted by molar-refractivity contribution is 5.95. The van der Waals surface area contributed by atoms with Crippen LogP contribution in [0.25, 0.3) is 0 Å². The summed E-state index contributed by atoms with van der Waals surface area (Å²) in [5.41, 5.74) is 3.36. The Morgan fingerprint density at radius 2 is 2.07 bits per heavy atom. The molecule has 1 saturated carbocycles. The number of nitrogens with zero attached hydrogens (tertiary/aromatic N) is 1. The summed E-state index contributed by atoms with van der Waals surface area (Å²) in [6, 6.07) is 3.98. The molecule has 0 atom stereocenters. The van der Waals surface area contributed by atoms with Gasteiger partial charge in [0.2, 0.25) is 0 Å². The van der Waals surface area contributed by atoms with Crippen molar-refractivity contribution >= 4 is 5.78 Å². The second kappa shape index (κ2) is 3.19. The minimum Gasteiger partial charge on any atom is -0.294 e. The monoisotopic (exact) mass is 190 g/mol. The normalized spacial score (nSPS) is 15.6. The van der Waals surface area contributed by atoms with Crippen molar-refractivity contribution in [3.63, 3.8) is 0 Å². The zero-order chi connectivity index (χ0) is 10.3. The summed E-state index contributed by atoms with van der Waals surface area (Å²) in [7, 11) is 2.05. The van der Waals surface area contributed by atoms with E-state index in [1.54, 1.807) is 6.92 Å². The van der Waals surface area contributed by atoms with Crippen LogP contribution in [-0.2, 0) is 7.05 Å². The standard InChI is InChI=1S/C12H16NO/c1-8-4-7-11(9(2)14)12(13(8)3)10-5-6-10/h4,7,10H,5-6H2,1-3H3/q+1. The second-order valence-corrected chi connectivity index (χ2v) is 4.16. The number of carbonyl (C=O) groups is 1. The van der Waals surface area contributed by atoms with E-state index in [-0.39, 0.29) is 5.78 Å². The average Bonchev–Trinajstić information content (AvgIpc) is 2.92. The van der Waals surface area contributed by atoms with E-state index in [9.17, 15) is 4.79 Å². The lowest BCUT2D eigenvalue weighted by atomic mass is 10.1. The maximum atomic E-state index is 11.4. The smallest absolute Gasteiger partial charge is 0.195 e. The number of rotatable bonds is 2. The van der Waals surface area contributed by atoms with E-state index in [1.807, 2.05) is 12.1 Å². The number of aryl methyl sites for hydroxylation is 1. The van der Waals surface area contributed by atoms with E-state index in [0.29, 0.717) is 5.92 Å². The van der Waals surface area contributed by atoms with Crippen molar-refractivity contribution < 1.29 is 9.36 Å². The summed E-state index contributed by atoms with van der Waals surface area (Å²) in [5.74, 6) is 0.807. The van der Waals surface area contributed by atoms with Gasteiger partial charge in [-0.15, -0.1) is 0 Å². The maximum Gasteiger partial charge on any atom is 0.195 e. The highest BCUT2D eigenvalue weighted by Crippen LogP contribution is 2.39. The number of Topliss-reactive ketones (excluding diaryl/α,β-unsaturated/α-hetero) is 1. The molecule has 1 aliphatic carbocycles. The van der Waals surface area contributed by atoms with Gasteiger partial charge >= 0.3 is 0 Å². The topological polar surface area (TPSA) is 20.9 Å². The lowest BCUT2D eigenvalue weighted by molar-refractivity contribution is -0.685. The van der Waals surface area contributed by atoms with Crippen molar-refractivity contribution in [3.05, 3.63) is 29.1 Å². The van der Waals surface area contributed by atoms with Crippen LogP contribution in [0.2, 0.25) is 0 Å². The molecule has 74 valence electrons. The highest BCUT2D eigenvalue weighted by Gasteiger charge is 2.35. The molecule has 0 radical (unpaired) electrons. The quantitative estimate of drug-likeness (QED) is 0.515. The Balaban J connectivity index is 2.59. The molecule has 2 rings (SSSR count). The molecule has 0 spiro atoms. The third kappa shape index (κ3) is 1.45. The molecule has 1 heterocycles. The number of ketones is 1. The summed E-state index contributed by atoms with van der Waals surface area (Å²) in [6.45, 7) is 3.73. The minimum atomic E-state index is 0.183. The van der Waals surface area contributed by atoms with E-state index >= 15 is 0 Å². The van der Waals surface area contributed by atoms with Gasteiger partial charge < -0.3 is 0 Å². The summed E-state index contributed by atoms with van der Waals surface area (Å²) < 4.78 is 2.16. The fraction of sp³-hybridized carbons (Fsp3) is 0.500. The molecule has 0 N–H and O–H groups in total. The first-order chi connectivity index (χ1) is 6.61. The van der Waals surface area contributed by atoms with Crippen molar-refractivity contribution in [2.45, 2.75) is 32.6 Å². The Labute approximate surface area is 84.6 Å². The third-order valence-corrected chi connectivity index (χ3v) is 3.00. The van der Waals surface area contributed by atoms with E-state index in [4.69, 9.17) is 0 Å². The fourth-order valence-electron chi connectivity index (χ4n) is 1.92. The molecule has 0 amide bonds. The predicted octanol–water partition coefficient (Wildman–Crippen LogP) is 1.90. The van der Waals surface area contributed by atoms with Gasteiger partial charge in [-0.25, -0.2) is 4.57 Å². The van der Waals surface area contributed by atoms with E-state index in [2.05, 4.69) is 18.5 Å².